The van der Waals surface area contributed by atoms with Crippen LogP contribution in [0.2, 0.25) is 0 Å². The Hall–Kier alpha value is -5.78. The van der Waals surface area contributed by atoms with Gasteiger partial charge in [0.2, 0.25) is 0 Å². The van der Waals surface area contributed by atoms with Crippen molar-refractivity contribution in [1.82, 2.24) is 19.9 Å². The Balaban J connectivity index is 1.18. The summed E-state index contributed by atoms with van der Waals surface area (Å²) in [6.07, 6.45) is 3.82. The van der Waals surface area contributed by atoms with Gasteiger partial charge >= 0.3 is 0 Å². The van der Waals surface area contributed by atoms with Crippen LogP contribution in [0.4, 0.5) is 0 Å². The lowest BCUT2D eigenvalue weighted by Crippen LogP contribution is -2.00. The summed E-state index contributed by atoms with van der Waals surface area (Å²) in [6, 6.07) is 46.6. The second-order valence-electron chi connectivity index (χ2n) is 11.2. The summed E-state index contributed by atoms with van der Waals surface area (Å²) in [6.45, 7) is 0. The normalized spacial score (nSPS) is 11.6. The monoisotopic (exact) mass is 592 g/mol. The molecule has 210 valence electrons. The first-order valence-corrected chi connectivity index (χ1v) is 15.7. The van der Waals surface area contributed by atoms with Gasteiger partial charge in [-0.05, 0) is 56.9 Å². The van der Waals surface area contributed by atoms with Gasteiger partial charge in [0.05, 0.1) is 0 Å². The van der Waals surface area contributed by atoms with Gasteiger partial charge < -0.3 is 0 Å². The maximum Gasteiger partial charge on any atom is 0.164 e. The Labute approximate surface area is 263 Å². The molecular weight excluding hydrogens is 569 g/mol. The van der Waals surface area contributed by atoms with Crippen molar-refractivity contribution in [2.75, 3.05) is 0 Å². The number of thiophene rings is 1. The number of hydrogen-bond donors (Lipinski definition) is 0. The molecule has 0 radical (unpaired) electrons. The number of benzene rings is 6. The van der Waals surface area contributed by atoms with Crippen LogP contribution in [0.3, 0.4) is 0 Å². The van der Waals surface area contributed by atoms with Crippen molar-refractivity contribution >= 4 is 53.1 Å². The van der Waals surface area contributed by atoms with Crippen LogP contribution in [0.15, 0.2) is 146 Å². The van der Waals surface area contributed by atoms with Gasteiger partial charge in [0.25, 0.3) is 0 Å². The molecule has 9 aromatic rings. The summed E-state index contributed by atoms with van der Waals surface area (Å²) < 4.78 is 2.52. The van der Waals surface area contributed by atoms with Gasteiger partial charge in [0, 0.05) is 49.3 Å². The number of nitrogens with zero attached hydrogens (tertiary/aromatic N) is 4. The highest BCUT2D eigenvalue weighted by molar-refractivity contribution is 7.26. The molecule has 0 atom stereocenters. The van der Waals surface area contributed by atoms with E-state index in [2.05, 4.69) is 102 Å². The van der Waals surface area contributed by atoms with Crippen LogP contribution in [0.25, 0.3) is 87.0 Å². The van der Waals surface area contributed by atoms with Crippen molar-refractivity contribution < 1.29 is 0 Å². The molecule has 6 aromatic carbocycles. The summed E-state index contributed by atoms with van der Waals surface area (Å²) in [7, 11) is 0. The predicted molar refractivity (Wildman–Crippen MR) is 187 cm³/mol. The van der Waals surface area contributed by atoms with Crippen LogP contribution in [-0.4, -0.2) is 19.9 Å². The molecule has 0 spiro atoms. The van der Waals surface area contributed by atoms with Gasteiger partial charge in [0.15, 0.2) is 17.5 Å². The molecule has 0 aliphatic carbocycles. The zero-order valence-corrected chi connectivity index (χ0v) is 24.9. The standard InChI is InChI=1S/C40H24N4S/c1-3-7-25(8-4-1)27-11-12-29-22-31(14-13-28(29)21-27)39-42-38(26-9-5-2-6-10-26)43-40(44-39)32-16-17-33-30(23-32)15-18-34-35-24-41-20-19-36(35)45-37(33)34/h1-24H. The lowest BCUT2D eigenvalue weighted by Gasteiger charge is -2.10. The third-order valence-electron chi connectivity index (χ3n) is 8.38. The molecule has 3 aromatic heterocycles. The van der Waals surface area contributed by atoms with Crippen molar-refractivity contribution in [2.24, 2.45) is 0 Å². The molecule has 0 saturated heterocycles. The highest BCUT2D eigenvalue weighted by Crippen LogP contribution is 2.39. The summed E-state index contributed by atoms with van der Waals surface area (Å²) in [5, 5.41) is 7.13. The van der Waals surface area contributed by atoms with E-state index in [1.165, 1.54) is 42.1 Å². The Morgan fingerprint density at radius 2 is 0.956 bits per heavy atom. The number of pyridine rings is 1. The van der Waals surface area contributed by atoms with E-state index >= 15 is 0 Å². The molecule has 0 aliphatic heterocycles. The fourth-order valence-corrected chi connectivity index (χ4v) is 7.30. The van der Waals surface area contributed by atoms with Crippen LogP contribution in [0.1, 0.15) is 0 Å². The zero-order chi connectivity index (χ0) is 29.7. The van der Waals surface area contributed by atoms with Crippen molar-refractivity contribution in [1.29, 1.82) is 0 Å². The Morgan fingerprint density at radius 3 is 1.69 bits per heavy atom. The first-order chi connectivity index (χ1) is 22.3. The van der Waals surface area contributed by atoms with Crippen LogP contribution < -0.4 is 0 Å². The van der Waals surface area contributed by atoms with E-state index in [1.807, 2.05) is 60.1 Å². The molecule has 4 nitrogen and oxygen atoms in total. The highest BCUT2D eigenvalue weighted by atomic mass is 32.1. The molecule has 3 heterocycles. The first-order valence-electron chi connectivity index (χ1n) is 14.9. The van der Waals surface area contributed by atoms with Gasteiger partial charge in [0.1, 0.15) is 0 Å². The van der Waals surface area contributed by atoms with Gasteiger partial charge in [-0.1, -0.05) is 109 Å². The molecule has 0 N–H and O–H groups in total. The lowest BCUT2D eigenvalue weighted by molar-refractivity contribution is 1.08. The minimum atomic E-state index is 0.653. The summed E-state index contributed by atoms with van der Waals surface area (Å²) >= 11 is 1.81. The molecule has 5 heteroatoms. The van der Waals surface area contributed by atoms with E-state index in [0.717, 1.165) is 27.5 Å². The Bertz CT molecular complexity index is 2540. The highest BCUT2D eigenvalue weighted by Gasteiger charge is 2.15. The van der Waals surface area contributed by atoms with Crippen molar-refractivity contribution in [2.45, 2.75) is 0 Å². The lowest BCUT2D eigenvalue weighted by atomic mass is 10.00. The topological polar surface area (TPSA) is 51.6 Å². The molecule has 0 bridgehead atoms. The Kier molecular flexibility index (Phi) is 5.96. The van der Waals surface area contributed by atoms with Crippen molar-refractivity contribution in [3.05, 3.63) is 146 Å². The molecule has 0 unspecified atom stereocenters. The maximum atomic E-state index is 5.05. The predicted octanol–water partition coefficient (Wildman–Crippen LogP) is 10.6. The average Bonchev–Trinajstić information content (AvgIpc) is 3.51. The molecule has 9 rings (SSSR count). The molecule has 45 heavy (non-hydrogen) atoms. The van der Waals surface area contributed by atoms with Crippen LogP contribution >= 0.6 is 11.3 Å². The van der Waals surface area contributed by atoms with Gasteiger partial charge in [-0.3, -0.25) is 4.98 Å². The van der Waals surface area contributed by atoms with E-state index in [-0.39, 0.29) is 0 Å². The fourth-order valence-electron chi connectivity index (χ4n) is 6.09. The van der Waals surface area contributed by atoms with Gasteiger partial charge in [-0.25, -0.2) is 15.0 Å². The van der Waals surface area contributed by atoms with E-state index in [0.29, 0.717) is 17.5 Å². The third kappa shape index (κ3) is 4.53. The number of fused-ring (bicyclic) bond motifs is 6. The summed E-state index contributed by atoms with van der Waals surface area (Å²) in [5.74, 6) is 1.96. The maximum absolute atomic E-state index is 5.05. The number of hydrogen-bond acceptors (Lipinski definition) is 5. The number of rotatable bonds is 4. The summed E-state index contributed by atoms with van der Waals surface area (Å²) in [5.41, 5.74) is 5.28. The molecule has 0 amide bonds. The Morgan fingerprint density at radius 1 is 0.400 bits per heavy atom. The number of aromatic nitrogens is 4. The van der Waals surface area contributed by atoms with Gasteiger partial charge in [-0.15, -0.1) is 11.3 Å². The first kappa shape index (κ1) is 25.7. The molecular formula is C40H24N4S. The smallest absolute Gasteiger partial charge is 0.164 e. The van der Waals surface area contributed by atoms with E-state index in [4.69, 9.17) is 15.0 Å². The van der Waals surface area contributed by atoms with Crippen LogP contribution in [0, 0.1) is 0 Å². The molecule has 0 fully saturated rings. The third-order valence-corrected chi connectivity index (χ3v) is 9.60. The van der Waals surface area contributed by atoms with E-state index < -0.39 is 0 Å². The SMILES string of the molecule is c1ccc(-c2ccc3cc(-c4nc(-c5ccccc5)nc(-c5ccc6c(ccc7c8cnccc8sc67)c5)n4)ccc3c2)cc1. The minimum Gasteiger partial charge on any atom is -0.264 e. The van der Waals surface area contributed by atoms with Crippen LogP contribution in [0.5, 0.6) is 0 Å². The van der Waals surface area contributed by atoms with Crippen molar-refractivity contribution in [3.8, 4) is 45.3 Å². The summed E-state index contributed by atoms with van der Waals surface area (Å²) in [4.78, 5) is 19.4. The van der Waals surface area contributed by atoms with E-state index in [9.17, 15) is 0 Å². The fraction of sp³-hybridized carbons (Fsp3) is 0. The van der Waals surface area contributed by atoms with Gasteiger partial charge in [-0.2, -0.15) is 0 Å². The quantitative estimate of drug-likeness (QED) is 0.204. The zero-order valence-electron chi connectivity index (χ0n) is 24.1. The molecule has 0 aliphatic rings. The minimum absolute atomic E-state index is 0.653. The van der Waals surface area contributed by atoms with E-state index in [1.54, 1.807) is 0 Å². The van der Waals surface area contributed by atoms with Crippen LogP contribution in [-0.2, 0) is 0 Å². The molecule has 0 saturated carbocycles. The average molecular weight is 593 g/mol. The largest absolute Gasteiger partial charge is 0.264 e. The second kappa shape index (κ2) is 10.4. The van der Waals surface area contributed by atoms with Crippen molar-refractivity contribution in [3.63, 3.8) is 0 Å². The second-order valence-corrected chi connectivity index (χ2v) is 12.2.